The maximum atomic E-state index is 12.5. The zero-order chi connectivity index (χ0) is 19.2. The molecule has 148 valence electrons. The Morgan fingerprint density at radius 3 is 1.78 bits per heavy atom. The Bertz CT molecular complexity index is 620. The number of esters is 2. The molecule has 0 heterocycles. The average Bonchev–Trinajstić information content (AvgIpc) is 2.69. The molecule has 0 N–H and O–H groups in total. The van der Waals surface area contributed by atoms with Crippen molar-refractivity contribution < 1.29 is 19.1 Å². The van der Waals surface area contributed by atoms with Gasteiger partial charge < -0.3 is 9.47 Å². The molecule has 1 aromatic carbocycles. The van der Waals surface area contributed by atoms with Gasteiger partial charge in [0, 0.05) is 6.92 Å². The van der Waals surface area contributed by atoms with Crippen LogP contribution in [-0.4, -0.2) is 11.9 Å². The van der Waals surface area contributed by atoms with Gasteiger partial charge in [-0.25, -0.2) is 0 Å². The zero-order valence-electron chi connectivity index (χ0n) is 16.6. The van der Waals surface area contributed by atoms with E-state index < -0.39 is 0 Å². The van der Waals surface area contributed by atoms with E-state index in [2.05, 4.69) is 6.92 Å². The molecule has 2 aliphatic rings. The van der Waals surface area contributed by atoms with Gasteiger partial charge in [0.25, 0.3) is 0 Å². The molecule has 0 amide bonds. The fraction of sp³-hybridized carbons (Fsp3) is 0.652. The Balaban J connectivity index is 1.44. The first-order chi connectivity index (χ1) is 13.0. The molecule has 2 aliphatic carbocycles. The Labute approximate surface area is 162 Å². The summed E-state index contributed by atoms with van der Waals surface area (Å²) >= 11 is 0. The summed E-state index contributed by atoms with van der Waals surface area (Å²) < 4.78 is 10.5. The van der Waals surface area contributed by atoms with Crippen molar-refractivity contribution in [3.8, 4) is 11.5 Å². The zero-order valence-corrected chi connectivity index (χ0v) is 16.6. The molecule has 2 saturated carbocycles. The van der Waals surface area contributed by atoms with Gasteiger partial charge >= 0.3 is 11.9 Å². The fourth-order valence-corrected chi connectivity index (χ4v) is 4.84. The second-order valence-electron chi connectivity index (χ2n) is 8.29. The van der Waals surface area contributed by atoms with E-state index in [1.54, 1.807) is 24.3 Å². The summed E-state index contributed by atoms with van der Waals surface area (Å²) in [4.78, 5) is 23.4. The summed E-state index contributed by atoms with van der Waals surface area (Å²) in [5.41, 5.74) is 0. The van der Waals surface area contributed by atoms with Gasteiger partial charge in [0.2, 0.25) is 0 Å². The molecule has 0 radical (unpaired) electrons. The van der Waals surface area contributed by atoms with E-state index >= 15 is 0 Å². The van der Waals surface area contributed by atoms with Crippen LogP contribution in [0.1, 0.15) is 71.6 Å². The molecule has 3 rings (SSSR count). The van der Waals surface area contributed by atoms with Crippen LogP contribution in [0.3, 0.4) is 0 Å². The summed E-state index contributed by atoms with van der Waals surface area (Å²) in [5, 5.41) is 0. The van der Waals surface area contributed by atoms with E-state index in [1.165, 1.54) is 39.0 Å². The van der Waals surface area contributed by atoms with Gasteiger partial charge in [-0.15, -0.1) is 0 Å². The summed E-state index contributed by atoms with van der Waals surface area (Å²) in [6.07, 6.45) is 11.1. The highest BCUT2D eigenvalue weighted by Crippen LogP contribution is 2.42. The number of ether oxygens (including phenoxy) is 2. The van der Waals surface area contributed by atoms with Crippen LogP contribution in [-0.2, 0) is 9.59 Å². The summed E-state index contributed by atoms with van der Waals surface area (Å²) in [7, 11) is 0. The predicted octanol–water partition coefficient (Wildman–Crippen LogP) is 5.54. The highest BCUT2D eigenvalue weighted by atomic mass is 16.5. The van der Waals surface area contributed by atoms with Crippen molar-refractivity contribution in [2.45, 2.75) is 71.6 Å². The Morgan fingerprint density at radius 2 is 1.30 bits per heavy atom. The van der Waals surface area contributed by atoms with Crippen LogP contribution in [0.2, 0.25) is 0 Å². The Hall–Kier alpha value is -1.84. The minimum Gasteiger partial charge on any atom is -0.427 e. The Kier molecular flexibility index (Phi) is 6.92. The third kappa shape index (κ3) is 5.57. The highest BCUT2D eigenvalue weighted by molar-refractivity contribution is 5.75. The smallest absolute Gasteiger partial charge is 0.314 e. The van der Waals surface area contributed by atoms with Gasteiger partial charge in [-0.2, -0.15) is 0 Å². The van der Waals surface area contributed by atoms with E-state index in [0.717, 1.165) is 43.4 Å². The number of hydrogen-bond donors (Lipinski definition) is 0. The largest absolute Gasteiger partial charge is 0.427 e. The first-order valence-corrected chi connectivity index (χ1v) is 10.5. The van der Waals surface area contributed by atoms with Crippen molar-refractivity contribution in [2.24, 2.45) is 23.7 Å². The quantitative estimate of drug-likeness (QED) is 0.503. The molecule has 0 bridgehead atoms. The minimum absolute atomic E-state index is 0.0152. The summed E-state index contributed by atoms with van der Waals surface area (Å²) in [5.74, 6) is 3.12. The van der Waals surface area contributed by atoms with Gasteiger partial charge in [-0.1, -0.05) is 26.2 Å². The van der Waals surface area contributed by atoms with Crippen LogP contribution < -0.4 is 9.47 Å². The van der Waals surface area contributed by atoms with E-state index in [0.29, 0.717) is 11.5 Å². The fourth-order valence-electron chi connectivity index (χ4n) is 4.84. The molecule has 0 atom stereocenters. The topological polar surface area (TPSA) is 52.6 Å². The normalized spacial score (nSPS) is 28.4. The molecular weight excluding hydrogens is 340 g/mol. The van der Waals surface area contributed by atoms with Gasteiger partial charge in [0.05, 0.1) is 5.92 Å². The molecule has 0 saturated heterocycles. The SMILES string of the molecule is CCC1CCC(C2CCC(C(=O)Oc3ccc(OC(C)=O)cc3)CC2)CC1. The van der Waals surface area contributed by atoms with Crippen molar-refractivity contribution in [3.05, 3.63) is 24.3 Å². The molecule has 0 aromatic heterocycles. The van der Waals surface area contributed by atoms with Gasteiger partial charge in [0.1, 0.15) is 11.5 Å². The van der Waals surface area contributed by atoms with E-state index in [9.17, 15) is 9.59 Å². The molecule has 4 nitrogen and oxygen atoms in total. The molecule has 0 unspecified atom stereocenters. The van der Waals surface area contributed by atoms with Crippen LogP contribution in [0.25, 0.3) is 0 Å². The van der Waals surface area contributed by atoms with Crippen molar-refractivity contribution in [1.29, 1.82) is 0 Å². The molecule has 0 spiro atoms. The van der Waals surface area contributed by atoms with Gasteiger partial charge in [0.15, 0.2) is 0 Å². The lowest BCUT2D eigenvalue weighted by atomic mass is 9.69. The molecule has 27 heavy (non-hydrogen) atoms. The lowest BCUT2D eigenvalue weighted by Crippen LogP contribution is -2.30. The van der Waals surface area contributed by atoms with E-state index in [-0.39, 0.29) is 17.9 Å². The lowest BCUT2D eigenvalue weighted by molar-refractivity contribution is -0.140. The van der Waals surface area contributed by atoms with Crippen LogP contribution >= 0.6 is 0 Å². The third-order valence-electron chi connectivity index (χ3n) is 6.54. The second-order valence-corrected chi connectivity index (χ2v) is 8.29. The first-order valence-electron chi connectivity index (χ1n) is 10.5. The van der Waals surface area contributed by atoms with Crippen molar-refractivity contribution >= 4 is 11.9 Å². The van der Waals surface area contributed by atoms with Gasteiger partial charge in [-0.05, 0) is 80.5 Å². The van der Waals surface area contributed by atoms with E-state index in [4.69, 9.17) is 9.47 Å². The summed E-state index contributed by atoms with van der Waals surface area (Å²) in [6.45, 7) is 3.67. The highest BCUT2D eigenvalue weighted by Gasteiger charge is 2.33. The Morgan fingerprint density at radius 1 is 0.815 bits per heavy atom. The number of rotatable bonds is 5. The predicted molar refractivity (Wildman–Crippen MR) is 105 cm³/mol. The van der Waals surface area contributed by atoms with Crippen LogP contribution in [0.4, 0.5) is 0 Å². The standard InChI is InChI=1S/C23H32O4/c1-3-17-4-6-18(7-5-17)19-8-10-20(11-9-19)23(25)27-22-14-12-21(13-15-22)26-16(2)24/h12-15,17-20H,3-11H2,1-2H3. The first kappa shape index (κ1) is 19.9. The lowest BCUT2D eigenvalue weighted by Gasteiger charge is -2.37. The molecule has 4 heteroatoms. The maximum absolute atomic E-state index is 12.5. The van der Waals surface area contributed by atoms with Crippen LogP contribution in [0, 0.1) is 23.7 Å². The summed E-state index contributed by atoms with van der Waals surface area (Å²) in [6, 6.07) is 6.64. The van der Waals surface area contributed by atoms with Crippen molar-refractivity contribution in [3.63, 3.8) is 0 Å². The minimum atomic E-state index is -0.361. The van der Waals surface area contributed by atoms with Crippen LogP contribution in [0.15, 0.2) is 24.3 Å². The monoisotopic (exact) mass is 372 g/mol. The maximum Gasteiger partial charge on any atom is 0.314 e. The number of carbonyl (C=O) groups is 2. The number of benzene rings is 1. The molecule has 2 fully saturated rings. The van der Waals surface area contributed by atoms with E-state index in [1.807, 2.05) is 0 Å². The third-order valence-corrected chi connectivity index (χ3v) is 6.54. The number of hydrogen-bond acceptors (Lipinski definition) is 4. The van der Waals surface area contributed by atoms with Crippen molar-refractivity contribution in [2.75, 3.05) is 0 Å². The van der Waals surface area contributed by atoms with Gasteiger partial charge in [-0.3, -0.25) is 9.59 Å². The number of carbonyl (C=O) groups excluding carboxylic acids is 2. The molecular formula is C23H32O4. The van der Waals surface area contributed by atoms with Crippen molar-refractivity contribution in [1.82, 2.24) is 0 Å². The van der Waals surface area contributed by atoms with Crippen LogP contribution in [0.5, 0.6) is 11.5 Å². The molecule has 0 aliphatic heterocycles. The molecule has 1 aromatic rings. The second kappa shape index (κ2) is 9.38. The average molecular weight is 373 g/mol.